The van der Waals surface area contributed by atoms with E-state index in [0.29, 0.717) is 6.61 Å². The third-order valence-electron chi connectivity index (χ3n) is 2.39. The van der Waals surface area contributed by atoms with Crippen molar-refractivity contribution in [3.63, 3.8) is 0 Å². The van der Waals surface area contributed by atoms with Crippen molar-refractivity contribution in [1.82, 2.24) is 4.67 Å². The van der Waals surface area contributed by atoms with Crippen molar-refractivity contribution in [2.45, 2.75) is 19.8 Å². The molecule has 0 bridgehead atoms. The van der Waals surface area contributed by atoms with E-state index in [4.69, 9.17) is 5.11 Å². The van der Waals surface area contributed by atoms with Gasteiger partial charge in [-0.3, -0.25) is 4.67 Å². The third kappa shape index (κ3) is 1.91. The molecule has 0 amide bonds. The summed E-state index contributed by atoms with van der Waals surface area (Å²) < 4.78 is 2.23. The highest BCUT2D eigenvalue weighted by atomic mass is 31.0. The topological polar surface area (TPSA) is 23.5 Å². The molecule has 1 rings (SSSR count). The number of aliphatic hydroxyl groups is 1. The normalized spacial score (nSPS) is 26.7. The van der Waals surface area contributed by atoms with Crippen molar-refractivity contribution in [2.24, 2.45) is 5.41 Å². The SMILES string of the molecule is CC1(CO)CCN(P)CC1. The molecule has 1 unspecified atom stereocenters. The van der Waals surface area contributed by atoms with Crippen LogP contribution >= 0.6 is 9.39 Å². The highest BCUT2D eigenvalue weighted by Crippen LogP contribution is 2.30. The first-order chi connectivity index (χ1) is 4.66. The number of hydrogen-bond acceptors (Lipinski definition) is 2. The molecule has 0 aromatic carbocycles. The maximum absolute atomic E-state index is 9.01. The Kier molecular flexibility index (Phi) is 2.67. The summed E-state index contributed by atoms with van der Waals surface area (Å²) in [6, 6.07) is 0. The molecule has 0 aromatic heterocycles. The zero-order chi connectivity index (χ0) is 7.61. The van der Waals surface area contributed by atoms with E-state index >= 15 is 0 Å². The summed E-state index contributed by atoms with van der Waals surface area (Å²) in [6.45, 7) is 4.69. The summed E-state index contributed by atoms with van der Waals surface area (Å²) in [7, 11) is 2.71. The lowest BCUT2D eigenvalue weighted by molar-refractivity contribution is 0.0879. The standard InChI is InChI=1S/C7H16NOP/c1-7(6-9)2-4-8(10)5-3-7/h9H,2-6,10H2,1H3. The van der Waals surface area contributed by atoms with Crippen LogP contribution in [-0.2, 0) is 0 Å². The van der Waals surface area contributed by atoms with Crippen LogP contribution in [0.2, 0.25) is 0 Å². The molecule has 1 heterocycles. The molecule has 0 aliphatic carbocycles. The van der Waals surface area contributed by atoms with Crippen molar-refractivity contribution >= 4 is 9.39 Å². The summed E-state index contributed by atoms with van der Waals surface area (Å²) in [6.07, 6.45) is 2.24. The molecule has 0 radical (unpaired) electrons. The van der Waals surface area contributed by atoms with Crippen molar-refractivity contribution in [3.8, 4) is 0 Å². The summed E-state index contributed by atoms with van der Waals surface area (Å²) in [4.78, 5) is 0. The highest BCUT2D eigenvalue weighted by molar-refractivity contribution is 7.13. The Bertz CT molecular complexity index is 110. The van der Waals surface area contributed by atoms with E-state index in [-0.39, 0.29) is 5.41 Å². The fourth-order valence-electron chi connectivity index (χ4n) is 1.22. The second kappa shape index (κ2) is 3.17. The summed E-state index contributed by atoms with van der Waals surface area (Å²) >= 11 is 0. The van der Waals surface area contributed by atoms with Crippen LogP contribution in [0.1, 0.15) is 19.8 Å². The van der Waals surface area contributed by atoms with Crippen molar-refractivity contribution in [3.05, 3.63) is 0 Å². The second-order valence-electron chi connectivity index (χ2n) is 3.50. The minimum absolute atomic E-state index is 0.201. The van der Waals surface area contributed by atoms with E-state index in [1.165, 1.54) is 0 Å². The van der Waals surface area contributed by atoms with Gasteiger partial charge in [0.1, 0.15) is 0 Å². The minimum atomic E-state index is 0.201. The first-order valence-electron chi connectivity index (χ1n) is 3.77. The van der Waals surface area contributed by atoms with Crippen molar-refractivity contribution in [2.75, 3.05) is 19.7 Å². The smallest absolute Gasteiger partial charge is 0.0485 e. The molecule has 10 heavy (non-hydrogen) atoms. The van der Waals surface area contributed by atoms with Gasteiger partial charge in [-0.2, -0.15) is 0 Å². The molecular weight excluding hydrogens is 145 g/mol. The monoisotopic (exact) mass is 161 g/mol. The molecule has 60 valence electrons. The van der Waals surface area contributed by atoms with Gasteiger partial charge in [0, 0.05) is 19.7 Å². The van der Waals surface area contributed by atoms with Crippen molar-refractivity contribution in [1.29, 1.82) is 0 Å². The maximum atomic E-state index is 9.01. The lowest BCUT2D eigenvalue weighted by Crippen LogP contribution is -2.35. The van der Waals surface area contributed by atoms with E-state index in [9.17, 15) is 0 Å². The number of rotatable bonds is 1. The largest absolute Gasteiger partial charge is 0.396 e. The van der Waals surface area contributed by atoms with Crippen molar-refractivity contribution < 1.29 is 5.11 Å². The number of hydrogen-bond donors (Lipinski definition) is 1. The van der Waals surface area contributed by atoms with Crippen LogP contribution in [0.25, 0.3) is 0 Å². The molecular formula is C7H16NOP. The summed E-state index contributed by atoms with van der Waals surface area (Å²) in [5.74, 6) is 0. The molecule has 1 fully saturated rings. The van der Waals surface area contributed by atoms with Gasteiger partial charge >= 0.3 is 0 Å². The van der Waals surface area contributed by atoms with Gasteiger partial charge in [-0.15, -0.1) is 0 Å². The van der Waals surface area contributed by atoms with Gasteiger partial charge in [-0.25, -0.2) is 0 Å². The Morgan fingerprint density at radius 1 is 1.50 bits per heavy atom. The van der Waals surface area contributed by atoms with Gasteiger partial charge in [0.25, 0.3) is 0 Å². The molecule has 1 saturated heterocycles. The molecule has 1 atom stereocenters. The Hall–Kier alpha value is 0.350. The predicted molar refractivity (Wildman–Crippen MR) is 45.7 cm³/mol. The molecule has 1 N–H and O–H groups in total. The van der Waals surface area contributed by atoms with Gasteiger partial charge in [0.15, 0.2) is 0 Å². The molecule has 1 aliphatic rings. The highest BCUT2D eigenvalue weighted by Gasteiger charge is 2.27. The number of piperidine rings is 1. The van der Waals surface area contributed by atoms with Crippen LogP contribution in [-0.4, -0.2) is 29.5 Å². The number of aliphatic hydroxyl groups excluding tert-OH is 1. The summed E-state index contributed by atoms with van der Waals surface area (Å²) in [5, 5.41) is 9.01. The van der Waals surface area contributed by atoms with Gasteiger partial charge in [0.05, 0.1) is 0 Å². The van der Waals surface area contributed by atoms with Crippen LogP contribution in [0.5, 0.6) is 0 Å². The van der Waals surface area contributed by atoms with E-state index in [1.807, 2.05) is 0 Å². The van der Waals surface area contributed by atoms with Crippen LogP contribution in [0, 0.1) is 5.41 Å². The average Bonchev–Trinajstić information content (AvgIpc) is 1.96. The fraction of sp³-hybridized carbons (Fsp3) is 1.00. The van der Waals surface area contributed by atoms with Gasteiger partial charge < -0.3 is 5.11 Å². The van der Waals surface area contributed by atoms with Crippen LogP contribution in [0.3, 0.4) is 0 Å². The fourth-order valence-corrected chi connectivity index (χ4v) is 1.48. The Morgan fingerprint density at radius 3 is 2.40 bits per heavy atom. The molecule has 0 spiro atoms. The zero-order valence-corrected chi connectivity index (χ0v) is 7.66. The lowest BCUT2D eigenvalue weighted by atomic mass is 9.82. The van der Waals surface area contributed by atoms with Crippen LogP contribution < -0.4 is 0 Å². The van der Waals surface area contributed by atoms with Crippen LogP contribution in [0.15, 0.2) is 0 Å². The molecule has 3 heteroatoms. The average molecular weight is 161 g/mol. The molecule has 2 nitrogen and oxygen atoms in total. The van der Waals surface area contributed by atoms with Crippen LogP contribution in [0.4, 0.5) is 0 Å². The van der Waals surface area contributed by atoms with E-state index < -0.39 is 0 Å². The zero-order valence-electron chi connectivity index (χ0n) is 6.51. The van der Waals surface area contributed by atoms with Gasteiger partial charge in [0.2, 0.25) is 0 Å². The molecule has 0 saturated carbocycles. The van der Waals surface area contributed by atoms with E-state index in [2.05, 4.69) is 21.0 Å². The molecule has 0 aromatic rings. The Morgan fingerprint density at radius 2 is 2.00 bits per heavy atom. The predicted octanol–water partition coefficient (Wildman–Crippen LogP) is 0.871. The Labute approximate surface area is 64.9 Å². The molecule has 1 aliphatic heterocycles. The van der Waals surface area contributed by atoms with Gasteiger partial charge in [-0.05, 0) is 18.3 Å². The van der Waals surface area contributed by atoms with E-state index in [1.54, 1.807) is 0 Å². The lowest BCUT2D eigenvalue weighted by Gasteiger charge is -2.36. The number of nitrogens with zero attached hydrogens (tertiary/aromatic N) is 1. The maximum Gasteiger partial charge on any atom is 0.0485 e. The summed E-state index contributed by atoms with van der Waals surface area (Å²) in [5.41, 5.74) is 0.201. The quantitative estimate of drug-likeness (QED) is 0.577. The first-order valence-corrected chi connectivity index (χ1v) is 4.28. The van der Waals surface area contributed by atoms with Gasteiger partial charge in [-0.1, -0.05) is 16.3 Å². The Balaban J connectivity index is 2.38. The minimum Gasteiger partial charge on any atom is -0.396 e. The second-order valence-corrected chi connectivity index (χ2v) is 4.24. The van der Waals surface area contributed by atoms with E-state index in [0.717, 1.165) is 25.9 Å². The first kappa shape index (κ1) is 8.45. The third-order valence-corrected chi connectivity index (χ3v) is 2.90.